The number of aliphatic hydroxyl groups excluding tert-OH is 1. The molecule has 1 aromatic carbocycles. The number of hydrogen-bond acceptors (Lipinski definition) is 11. The molecule has 1 aliphatic carbocycles. The number of ether oxygens (including phenoxy) is 4. The monoisotopic (exact) mass is 629 g/mol. The van der Waals surface area contributed by atoms with Crippen LogP contribution < -0.4 is 9.47 Å². The van der Waals surface area contributed by atoms with Gasteiger partial charge in [0, 0.05) is 39.1 Å². The molecule has 1 unspecified atom stereocenters. The van der Waals surface area contributed by atoms with E-state index >= 15 is 0 Å². The van der Waals surface area contributed by atoms with Gasteiger partial charge in [-0.15, -0.1) is 0 Å². The molecule has 1 aromatic rings. The van der Waals surface area contributed by atoms with Gasteiger partial charge in [0.1, 0.15) is 12.0 Å². The highest BCUT2D eigenvalue weighted by atomic mass is 16.7. The first-order valence-electron chi connectivity index (χ1n) is 16.7. The van der Waals surface area contributed by atoms with Gasteiger partial charge in [-0.1, -0.05) is 6.92 Å². The van der Waals surface area contributed by atoms with E-state index in [2.05, 4.69) is 28.9 Å². The second-order valence-electron chi connectivity index (χ2n) is 14.1. The molecule has 1 spiro atoms. The van der Waals surface area contributed by atoms with Crippen LogP contribution in [-0.4, -0.2) is 125 Å². The first-order valence-corrected chi connectivity index (χ1v) is 16.7. The summed E-state index contributed by atoms with van der Waals surface area (Å²) in [5, 5.41) is 33.8. The normalized spacial score (nSPS) is 28.8. The molecule has 11 heteroatoms. The molecular formula is C34H51N3O8. The third-order valence-corrected chi connectivity index (χ3v) is 10.8. The number of methoxy groups -OCH3 is 1. The Labute approximate surface area is 266 Å². The van der Waals surface area contributed by atoms with E-state index in [0.717, 1.165) is 68.9 Å². The van der Waals surface area contributed by atoms with Crippen LogP contribution in [0.2, 0.25) is 0 Å². The minimum absolute atomic E-state index is 0.0533. The van der Waals surface area contributed by atoms with E-state index in [1.165, 1.54) is 0 Å². The van der Waals surface area contributed by atoms with Crippen molar-refractivity contribution in [2.45, 2.75) is 101 Å². The van der Waals surface area contributed by atoms with Gasteiger partial charge in [0.2, 0.25) is 6.79 Å². The van der Waals surface area contributed by atoms with E-state index in [1.807, 2.05) is 11.0 Å². The van der Waals surface area contributed by atoms with Crippen molar-refractivity contribution >= 4 is 5.97 Å². The topological polar surface area (TPSA) is 124 Å². The van der Waals surface area contributed by atoms with E-state index in [4.69, 9.17) is 18.9 Å². The zero-order chi connectivity index (χ0) is 32.0. The van der Waals surface area contributed by atoms with E-state index in [1.54, 1.807) is 21.0 Å². The summed E-state index contributed by atoms with van der Waals surface area (Å²) >= 11 is 0. The fourth-order valence-corrected chi connectivity index (χ4v) is 8.23. The maximum Gasteiger partial charge on any atom is 0.339 e. The SMILES string of the molecule is CCN1CCN(C(O)C[C@](O)(CCCC(C)(C)O)C(=O)O[C@@H]2C(OC)=C[C@]34CCCN3CCc3cc5c(cc3[C@H]24)OCO5)CC1. The summed E-state index contributed by atoms with van der Waals surface area (Å²) in [4.78, 5) is 21.0. The fourth-order valence-electron chi connectivity index (χ4n) is 8.23. The smallest absolute Gasteiger partial charge is 0.339 e. The largest absolute Gasteiger partial charge is 0.497 e. The molecule has 2 fully saturated rings. The van der Waals surface area contributed by atoms with Gasteiger partial charge in [0.05, 0.1) is 24.2 Å². The second kappa shape index (κ2) is 12.7. The quantitative estimate of drug-likeness (QED) is 0.313. The van der Waals surface area contributed by atoms with Crippen LogP contribution in [0.5, 0.6) is 11.5 Å². The molecule has 0 aromatic heterocycles. The van der Waals surface area contributed by atoms with Crippen LogP contribution in [0.15, 0.2) is 24.0 Å². The van der Waals surface area contributed by atoms with E-state index < -0.39 is 35.0 Å². The molecular weight excluding hydrogens is 578 g/mol. The summed E-state index contributed by atoms with van der Waals surface area (Å²) in [6, 6.07) is 4.09. The Bertz CT molecular complexity index is 1270. The van der Waals surface area contributed by atoms with Gasteiger partial charge in [0.15, 0.2) is 23.2 Å². The lowest BCUT2D eigenvalue weighted by molar-refractivity contribution is -0.181. The first kappa shape index (κ1) is 32.5. The Morgan fingerprint density at radius 1 is 1.09 bits per heavy atom. The molecule has 0 radical (unpaired) electrons. The number of esters is 1. The molecule has 4 heterocycles. The van der Waals surface area contributed by atoms with Crippen molar-refractivity contribution in [2.75, 3.05) is 59.7 Å². The zero-order valence-electron chi connectivity index (χ0n) is 27.3. The van der Waals surface area contributed by atoms with Crippen LogP contribution in [-0.2, 0) is 20.7 Å². The minimum Gasteiger partial charge on any atom is -0.497 e. The number of likely N-dealkylation sites (N-methyl/N-ethyl adjacent to an activating group) is 1. The zero-order valence-corrected chi connectivity index (χ0v) is 27.3. The second-order valence-corrected chi connectivity index (χ2v) is 14.1. The van der Waals surface area contributed by atoms with Crippen molar-refractivity contribution in [2.24, 2.45) is 0 Å². The Hall–Kier alpha value is -2.41. The van der Waals surface area contributed by atoms with Crippen LogP contribution in [0, 0.1) is 0 Å². The Morgan fingerprint density at radius 3 is 2.51 bits per heavy atom. The van der Waals surface area contributed by atoms with Gasteiger partial charge in [-0.05, 0) is 94.8 Å². The molecule has 11 nitrogen and oxygen atoms in total. The van der Waals surface area contributed by atoms with E-state index in [0.29, 0.717) is 37.4 Å². The average Bonchev–Trinajstić information content (AvgIpc) is 3.70. The first-order chi connectivity index (χ1) is 21.5. The molecule has 45 heavy (non-hydrogen) atoms. The van der Waals surface area contributed by atoms with Gasteiger partial charge >= 0.3 is 5.97 Å². The van der Waals surface area contributed by atoms with Gasteiger partial charge in [0.25, 0.3) is 0 Å². The minimum atomic E-state index is -1.96. The lowest BCUT2D eigenvalue weighted by atomic mass is 9.77. The lowest BCUT2D eigenvalue weighted by Gasteiger charge is -2.41. The number of nitrogens with zero attached hydrogens (tertiary/aromatic N) is 3. The van der Waals surface area contributed by atoms with Crippen LogP contribution in [0.1, 0.15) is 76.3 Å². The maximum atomic E-state index is 14.3. The number of fused-ring (bicyclic) bond motifs is 3. The number of carbonyl (C=O) groups is 1. The number of hydrogen-bond donors (Lipinski definition) is 3. The summed E-state index contributed by atoms with van der Waals surface area (Å²) in [7, 11) is 1.60. The highest BCUT2D eigenvalue weighted by Crippen LogP contribution is 2.55. The average molecular weight is 630 g/mol. The van der Waals surface area contributed by atoms with Gasteiger partial charge in [-0.3, -0.25) is 9.80 Å². The maximum absolute atomic E-state index is 14.3. The Kier molecular flexibility index (Phi) is 9.15. The number of carbonyl (C=O) groups excluding carboxylic acids is 1. The lowest BCUT2D eigenvalue weighted by Crippen LogP contribution is -2.54. The van der Waals surface area contributed by atoms with Crippen molar-refractivity contribution in [3.8, 4) is 11.5 Å². The number of benzene rings is 1. The molecule has 0 saturated carbocycles. The standard InChI is InChI=1S/C34H51N3O8/c1-5-35-14-16-36(17-15-35)28(38)21-34(41,11-6-9-32(2,3)40)31(39)45-30-27(42-4)20-33-10-7-12-37(33)13-8-23-18-25-26(44-22-43-25)19-24(23)29(30)33/h18-20,28-30,38,40-41H,5-17,21-22H2,1-4H3/t28?,29-,30-,33+,34-/m1/s1. The number of rotatable bonds is 11. The molecule has 0 amide bonds. The summed E-state index contributed by atoms with van der Waals surface area (Å²) in [6.45, 7) is 11.4. The molecule has 5 aliphatic rings. The summed E-state index contributed by atoms with van der Waals surface area (Å²) in [5.74, 6) is 0.942. The molecule has 6 rings (SSSR count). The van der Waals surface area contributed by atoms with Crippen LogP contribution in [0.25, 0.3) is 0 Å². The molecule has 4 aliphatic heterocycles. The van der Waals surface area contributed by atoms with Crippen LogP contribution >= 0.6 is 0 Å². The molecule has 2 saturated heterocycles. The highest BCUT2D eigenvalue weighted by Gasteiger charge is 2.59. The highest BCUT2D eigenvalue weighted by molar-refractivity contribution is 5.80. The van der Waals surface area contributed by atoms with Crippen LogP contribution in [0.3, 0.4) is 0 Å². The molecule has 5 atom stereocenters. The molecule has 0 bridgehead atoms. The fraction of sp³-hybridized carbons (Fsp3) is 0.735. The predicted octanol–water partition coefficient (Wildman–Crippen LogP) is 2.36. The predicted molar refractivity (Wildman–Crippen MR) is 167 cm³/mol. The number of aliphatic hydroxyl groups is 3. The van der Waals surface area contributed by atoms with Crippen molar-refractivity contribution in [3.63, 3.8) is 0 Å². The molecule has 250 valence electrons. The summed E-state index contributed by atoms with van der Waals surface area (Å²) in [6.07, 6.45) is 3.74. The number of piperazine rings is 1. The summed E-state index contributed by atoms with van der Waals surface area (Å²) in [5.41, 5.74) is -1.13. The van der Waals surface area contributed by atoms with E-state index in [-0.39, 0.29) is 25.6 Å². The van der Waals surface area contributed by atoms with Crippen LogP contribution in [0.4, 0.5) is 0 Å². The van der Waals surface area contributed by atoms with Crippen molar-refractivity contribution in [3.05, 3.63) is 35.1 Å². The van der Waals surface area contributed by atoms with Gasteiger partial charge in [-0.2, -0.15) is 0 Å². The van der Waals surface area contributed by atoms with Crippen molar-refractivity contribution < 1.29 is 39.1 Å². The Morgan fingerprint density at radius 2 is 1.82 bits per heavy atom. The molecule has 3 N–H and O–H groups in total. The Balaban J connectivity index is 1.30. The third-order valence-electron chi connectivity index (χ3n) is 10.8. The van der Waals surface area contributed by atoms with Crippen molar-refractivity contribution in [1.29, 1.82) is 0 Å². The third kappa shape index (κ3) is 6.32. The van der Waals surface area contributed by atoms with Gasteiger partial charge in [-0.25, -0.2) is 4.79 Å². The van der Waals surface area contributed by atoms with Gasteiger partial charge < -0.3 is 39.2 Å². The van der Waals surface area contributed by atoms with Crippen molar-refractivity contribution in [1.82, 2.24) is 14.7 Å². The van der Waals surface area contributed by atoms with E-state index in [9.17, 15) is 20.1 Å². The summed E-state index contributed by atoms with van der Waals surface area (Å²) < 4.78 is 23.8.